The number of carbonyl (C=O) groups is 8. The summed E-state index contributed by atoms with van der Waals surface area (Å²) < 4.78 is 22.7. The summed E-state index contributed by atoms with van der Waals surface area (Å²) in [7, 11) is 3.00. The molecule has 518 valence electrons. The van der Waals surface area contributed by atoms with E-state index in [2.05, 4.69) is 11.7 Å². The molecule has 0 atom stereocenters. The van der Waals surface area contributed by atoms with Crippen LogP contribution in [-0.4, -0.2) is 197 Å². The SMILES string of the molecule is C.CCCC(=O)Cc1ccc2[se]c(C(=O)O)cc2c1.CCCCCC(=O)Cc1ccc2[se]c(C(=O)O)cc2c1.CCOC(=O)c1cc2cc(N)ccc2[se]1.CCOC(=O)c1cc2cc([N+](=O)[O-])ccc2[se]1.CCOC(C)=O.CO.CO.CO.Cc1ccc2[se]c(C(=O)O)cc2c1. The van der Waals surface area contributed by atoms with Crippen LogP contribution in [0.25, 0.3) is 48.2 Å². The molecule has 10 rings (SSSR count). The van der Waals surface area contributed by atoms with Gasteiger partial charge in [-0.1, -0.05) is 7.43 Å². The van der Waals surface area contributed by atoms with Crippen molar-refractivity contribution in [3.63, 3.8) is 0 Å². The number of nitrogen functional groups attached to an aromatic ring is 1. The monoisotopic (exact) mass is 1660 g/mol. The Balaban J connectivity index is 0.000000577. The molecule has 0 saturated heterocycles. The van der Waals surface area contributed by atoms with Crippen LogP contribution >= 0.6 is 0 Å². The maximum atomic E-state index is 11.9. The molecule has 0 aliphatic rings. The summed E-state index contributed by atoms with van der Waals surface area (Å²) in [6.07, 6.45) is 6.22. The Morgan fingerprint density at radius 3 is 1.18 bits per heavy atom. The molecule has 0 saturated carbocycles. The van der Waals surface area contributed by atoms with Crippen LogP contribution in [0.15, 0.2) is 121 Å². The Kier molecular flexibility index (Phi) is 42.2. The molecular weight excluding hydrogens is 1570 g/mol. The molecule has 0 amide bonds. The van der Waals surface area contributed by atoms with Gasteiger partial charge < -0.3 is 20.1 Å². The van der Waals surface area contributed by atoms with Crippen molar-refractivity contribution >= 4 is 180 Å². The number of aryl methyl sites for hydroxylation is 1. The molecule has 0 aliphatic heterocycles. The zero-order chi connectivity index (χ0) is 71.3. The molecule has 0 spiro atoms. The van der Waals surface area contributed by atoms with Gasteiger partial charge in [0.1, 0.15) is 0 Å². The first-order valence-corrected chi connectivity index (χ1v) is 38.1. The van der Waals surface area contributed by atoms with Crippen molar-refractivity contribution in [2.75, 3.05) is 46.9 Å². The number of aromatic carboxylic acids is 3. The average molecular weight is 1650 g/mol. The van der Waals surface area contributed by atoms with E-state index in [1.165, 1.54) is 33.1 Å². The van der Waals surface area contributed by atoms with Crippen LogP contribution in [0, 0.1) is 17.0 Å². The molecule has 10 aromatic rings. The number of hydrogen-bond acceptors (Lipinski definition) is 17. The quantitative estimate of drug-likeness (QED) is 0.00752. The van der Waals surface area contributed by atoms with Crippen molar-refractivity contribution < 1.29 is 88.1 Å². The van der Waals surface area contributed by atoms with Crippen LogP contribution in [-0.2, 0) is 41.4 Å². The molecule has 21 nitrogen and oxygen atoms in total. The fourth-order valence-electron chi connectivity index (χ4n) is 8.38. The van der Waals surface area contributed by atoms with Crippen molar-refractivity contribution in [2.24, 2.45) is 0 Å². The number of nitrogens with two attached hydrogens (primary N) is 1. The summed E-state index contributed by atoms with van der Waals surface area (Å²) >= 11 is -0.265. The number of ketones is 2. The molecule has 8 N–H and O–H groups in total. The van der Waals surface area contributed by atoms with Crippen LogP contribution in [0.1, 0.15) is 150 Å². The topological polar surface area (TPSA) is 355 Å². The van der Waals surface area contributed by atoms with Gasteiger partial charge in [0.15, 0.2) is 0 Å². The van der Waals surface area contributed by atoms with Crippen molar-refractivity contribution in [1.29, 1.82) is 0 Å². The number of ether oxygens (including phenoxy) is 3. The number of nitrogens with zero attached hydrogens (tertiary/aromatic N) is 1. The Labute approximate surface area is 587 Å². The van der Waals surface area contributed by atoms with E-state index in [4.69, 9.17) is 45.8 Å². The van der Waals surface area contributed by atoms with E-state index < -0.39 is 22.8 Å². The molecule has 0 bridgehead atoms. The molecule has 0 fully saturated rings. The Morgan fingerprint density at radius 2 is 0.802 bits per heavy atom. The first kappa shape index (κ1) is 86.6. The van der Waals surface area contributed by atoms with Crippen LogP contribution in [0.2, 0.25) is 0 Å². The van der Waals surface area contributed by atoms with Crippen molar-refractivity contribution in [2.45, 2.75) is 107 Å². The summed E-state index contributed by atoms with van der Waals surface area (Å²) in [6.45, 7) is 14.1. The Bertz CT molecular complexity index is 4140. The third kappa shape index (κ3) is 29.5. The van der Waals surface area contributed by atoms with E-state index in [0.29, 0.717) is 63.3 Å². The van der Waals surface area contributed by atoms with E-state index in [1.54, 1.807) is 44.2 Å². The van der Waals surface area contributed by atoms with Gasteiger partial charge in [0.05, 0.1) is 6.61 Å². The molecule has 0 unspecified atom stereocenters. The second kappa shape index (κ2) is 46.7. The normalized spacial score (nSPS) is 9.84. The molecule has 5 heterocycles. The molecule has 5 aromatic carbocycles. The van der Waals surface area contributed by atoms with E-state index >= 15 is 0 Å². The van der Waals surface area contributed by atoms with Crippen LogP contribution in [0.5, 0.6) is 0 Å². The standard InChI is InChI=1S/C16H18O3Se.C14H14O3Se.C11H9NO4Se.C11H11NO2Se.C10H8O2Se.C4H8O2.3CH4O.CH4/c1-2-3-4-5-13(17)9-11-6-7-14-12(8-11)10-15(20-14)16(18)19;1-2-3-11(15)7-9-4-5-12-10(6-9)8-13(18-12)14(16)17;1-2-16-11(13)10-6-7-5-8(12(14)15)3-4-9(7)17-10;1-2-14-11(13)10-6-7-5-8(12)3-4-9(7)15-10;1-6-2-3-8-7(4-6)5-9(13-8)10(11)12;1-3-6-4(2)5;3*1-2;/h6-8,10H,2-5,9H2,1H3,(H,18,19);4-6,8H,2-3,7H2,1H3,(H,16,17);3-6H,2H2,1H3;3-6H,2,12H2,1H3;2-5H,1H3,(H,11,12);3H2,1-2H3;3*2H,1H3;1H4. The number of benzene rings is 5. The van der Waals surface area contributed by atoms with E-state index in [9.17, 15) is 48.5 Å². The van der Waals surface area contributed by atoms with Crippen LogP contribution < -0.4 is 5.73 Å². The number of unbranched alkanes of at least 4 members (excludes halogenated alkanes) is 2. The molecule has 0 aliphatic carbocycles. The summed E-state index contributed by atoms with van der Waals surface area (Å²) in [4.78, 5) is 99.0. The molecule has 26 heteroatoms. The van der Waals surface area contributed by atoms with Gasteiger partial charge in [0, 0.05) is 28.3 Å². The number of nitro groups is 1. The van der Waals surface area contributed by atoms with Gasteiger partial charge in [-0.3, -0.25) is 4.79 Å². The maximum absolute atomic E-state index is 11.9. The third-order valence-corrected chi connectivity index (χ3v) is 24.0. The van der Waals surface area contributed by atoms with Crippen molar-refractivity contribution in [3.8, 4) is 0 Å². The number of hydrogen-bond donors (Lipinski definition) is 7. The number of carboxylic acids is 3. The fraction of sp³-hybridized carbons (Fsp3) is 0.314. The Morgan fingerprint density at radius 1 is 0.448 bits per heavy atom. The summed E-state index contributed by atoms with van der Waals surface area (Å²) in [5.74, 6) is -2.69. The molecule has 5 aromatic heterocycles. The number of rotatable bonds is 19. The number of nitro benzene ring substituents is 1. The zero-order valence-electron chi connectivity index (χ0n) is 54.4. The number of aliphatic hydroxyl groups excluding tert-OH is 3. The molecule has 0 radical (unpaired) electrons. The van der Waals surface area contributed by atoms with Crippen LogP contribution in [0.3, 0.4) is 0 Å². The number of esters is 3. The number of fused-ring (bicyclic) bond motifs is 5. The van der Waals surface area contributed by atoms with Gasteiger partial charge in [-0.25, -0.2) is 0 Å². The first-order valence-electron chi connectivity index (χ1n) is 29.5. The van der Waals surface area contributed by atoms with E-state index in [0.717, 1.165) is 108 Å². The number of anilines is 1. The average Bonchev–Trinajstić information content (AvgIpc) is 1.73. The predicted octanol–water partition coefficient (Wildman–Crippen LogP) is 11.4. The second-order valence-corrected chi connectivity index (χ2v) is 30.9. The minimum absolute atomic E-state index is 0. The van der Waals surface area contributed by atoms with Crippen molar-refractivity contribution in [3.05, 3.63) is 170 Å². The van der Waals surface area contributed by atoms with Gasteiger partial charge in [0.2, 0.25) is 0 Å². The molecule has 96 heavy (non-hydrogen) atoms. The number of Topliss-reactive ketones (excluding diaryl/α,β-unsaturated/α-hetero) is 2. The van der Waals surface area contributed by atoms with Gasteiger partial charge in [-0.05, 0) is 6.92 Å². The second-order valence-electron chi connectivity index (χ2n) is 19.5. The summed E-state index contributed by atoms with van der Waals surface area (Å²) in [5, 5.41) is 63.2. The van der Waals surface area contributed by atoms with Gasteiger partial charge in [-0.15, -0.1) is 0 Å². The summed E-state index contributed by atoms with van der Waals surface area (Å²) in [5.41, 5.74) is 9.59. The Hall–Kier alpha value is -7.36. The van der Waals surface area contributed by atoms with E-state index in [1.807, 2.05) is 99.6 Å². The van der Waals surface area contributed by atoms with E-state index in [-0.39, 0.29) is 115 Å². The predicted molar refractivity (Wildman–Crippen MR) is 383 cm³/mol. The number of carbonyl (C=O) groups excluding carboxylic acids is 5. The fourth-order valence-corrected chi connectivity index (χ4v) is 17.9. The third-order valence-electron chi connectivity index (χ3n) is 12.4. The zero-order valence-corrected chi connectivity index (χ0v) is 62.9. The number of aliphatic hydroxyl groups is 3. The minimum atomic E-state index is -0.838. The van der Waals surface area contributed by atoms with Gasteiger partial charge in [0.25, 0.3) is 0 Å². The molecular formula is C70H84N2O19Se5. The van der Waals surface area contributed by atoms with Crippen LogP contribution in [0.4, 0.5) is 11.4 Å². The van der Waals surface area contributed by atoms with Crippen molar-refractivity contribution in [1.82, 2.24) is 0 Å². The number of carboxylic acid groups (broad SMARTS) is 3. The first-order chi connectivity index (χ1) is 45.4. The van der Waals surface area contributed by atoms with Gasteiger partial charge in [-0.2, -0.15) is 0 Å². The van der Waals surface area contributed by atoms with Gasteiger partial charge >= 0.3 is 518 Å². The summed E-state index contributed by atoms with van der Waals surface area (Å²) in [6, 6.07) is 37.0. The number of non-ortho nitro benzene ring substituents is 1.